The molecule has 0 saturated carbocycles. The van der Waals surface area contributed by atoms with Crippen molar-refractivity contribution in [2.24, 2.45) is 0 Å². The van der Waals surface area contributed by atoms with Gasteiger partial charge in [0.1, 0.15) is 0 Å². The average Bonchev–Trinajstić information content (AvgIpc) is 2.25. The van der Waals surface area contributed by atoms with Crippen LogP contribution in [0.15, 0.2) is 24.3 Å². The van der Waals surface area contributed by atoms with Crippen LogP contribution in [0.1, 0.15) is 43.6 Å². The van der Waals surface area contributed by atoms with E-state index in [0.29, 0.717) is 5.75 Å². The number of benzene rings is 1. The third-order valence-electron chi connectivity index (χ3n) is 2.32. The summed E-state index contributed by atoms with van der Waals surface area (Å²) >= 11 is 1.70. The van der Waals surface area contributed by atoms with Crippen molar-refractivity contribution in [1.82, 2.24) is 0 Å². The molecule has 0 heterocycles. The van der Waals surface area contributed by atoms with E-state index in [9.17, 15) is 4.79 Å². The third-order valence-corrected chi connectivity index (χ3v) is 3.59. The first-order chi connectivity index (χ1) is 7.42. The number of Topliss-reactive ketones (excluding diaryl/α,β-unsaturated/α-hetero) is 1. The van der Waals surface area contributed by atoms with Gasteiger partial charge < -0.3 is 0 Å². The highest BCUT2D eigenvalue weighted by molar-refractivity contribution is 8.01. The smallest absolute Gasteiger partial charge is 0.172 e. The van der Waals surface area contributed by atoms with Crippen LogP contribution in [0, 0.1) is 0 Å². The normalized spacial score (nSPS) is 11.5. The molecule has 0 N–H and O–H groups in total. The Morgan fingerprint density at radius 3 is 2.19 bits per heavy atom. The lowest BCUT2D eigenvalue weighted by Gasteiger charge is -2.16. The van der Waals surface area contributed by atoms with Gasteiger partial charge in [-0.05, 0) is 12.0 Å². The maximum Gasteiger partial charge on any atom is 0.172 e. The van der Waals surface area contributed by atoms with Gasteiger partial charge in [-0.25, -0.2) is 0 Å². The summed E-state index contributed by atoms with van der Waals surface area (Å²) in [6.45, 7) is 8.51. The molecule has 0 spiro atoms. The second-order valence-electron chi connectivity index (χ2n) is 4.87. The molecule has 0 bridgehead atoms. The number of ketones is 1. The van der Waals surface area contributed by atoms with Crippen molar-refractivity contribution in [2.75, 3.05) is 5.75 Å². The number of carbonyl (C=O) groups is 1. The summed E-state index contributed by atoms with van der Waals surface area (Å²) in [5.41, 5.74) is 2.11. The largest absolute Gasteiger partial charge is 0.293 e. The maximum atomic E-state index is 11.9. The molecule has 0 radical (unpaired) electrons. The summed E-state index contributed by atoms with van der Waals surface area (Å²) in [6, 6.07) is 7.94. The first-order valence-corrected chi connectivity index (χ1v) is 6.67. The van der Waals surface area contributed by atoms with E-state index in [2.05, 4.69) is 27.7 Å². The van der Waals surface area contributed by atoms with Crippen LogP contribution in [0.2, 0.25) is 0 Å². The van der Waals surface area contributed by atoms with E-state index in [0.717, 1.165) is 12.0 Å². The van der Waals surface area contributed by atoms with Crippen molar-refractivity contribution in [2.45, 2.75) is 38.9 Å². The summed E-state index contributed by atoms with van der Waals surface area (Å²) in [7, 11) is 0. The lowest BCUT2D eigenvalue weighted by atomic mass is 10.1. The molecule has 1 aromatic rings. The molecule has 0 aliphatic rings. The molecule has 0 fully saturated rings. The van der Waals surface area contributed by atoms with Crippen LogP contribution in [0.4, 0.5) is 0 Å². The van der Waals surface area contributed by atoms with Crippen LogP contribution in [-0.2, 0) is 6.42 Å². The Morgan fingerprint density at radius 2 is 1.75 bits per heavy atom. The Balaban J connectivity index is 2.59. The van der Waals surface area contributed by atoms with Crippen molar-refractivity contribution in [1.29, 1.82) is 0 Å². The molecular weight excluding hydrogens is 216 g/mol. The van der Waals surface area contributed by atoms with E-state index in [1.54, 1.807) is 11.8 Å². The molecule has 16 heavy (non-hydrogen) atoms. The highest BCUT2D eigenvalue weighted by Crippen LogP contribution is 2.24. The zero-order valence-electron chi connectivity index (χ0n) is 10.5. The van der Waals surface area contributed by atoms with Crippen LogP contribution >= 0.6 is 11.8 Å². The zero-order chi connectivity index (χ0) is 12.2. The molecule has 1 aromatic carbocycles. The highest BCUT2D eigenvalue weighted by atomic mass is 32.2. The van der Waals surface area contributed by atoms with Crippen LogP contribution in [0.3, 0.4) is 0 Å². The van der Waals surface area contributed by atoms with Crippen molar-refractivity contribution in [3.63, 3.8) is 0 Å². The summed E-state index contributed by atoms with van der Waals surface area (Å²) in [6.07, 6.45) is 1.02. The predicted molar refractivity (Wildman–Crippen MR) is 72.4 cm³/mol. The molecule has 0 aromatic heterocycles. The molecule has 0 unspecified atom stereocenters. The molecule has 0 amide bonds. The maximum absolute atomic E-state index is 11.9. The second-order valence-corrected chi connectivity index (χ2v) is 6.68. The Labute approximate surface area is 103 Å². The van der Waals surface area contributed by atoms with Crippen molar-refractivity contribution in [3.05, 3.63) is 35.4 Å². The van der Waals surface area contributed by atoms with Crippen molar-refractivity contribution in [3.8, 4) is 0 Å². The number of rotatable bonds is 4. The third kappa shape index (κ3) is 4.40. The number of aryl methyl sites for hydroxylation is 1. The van der Waals surface area contributed by atoms with E-state index in [-0.39, 0.29) is 10.5 Å². The minimum Gasteiger partial charge on any atom is -0.293 e. The van der Waals surface area contributed by atoms with Crippen molar-refractivity contribution < 1.29 is 4.79 Å². The zero-order valence-corrected chi connectivity index (χ0v) is 11.4. The molecule has 0 saturated heterocycles. The Kier molecular flexibility index (Phi) is 4.60. The molecule has 0 atom stereocenters. The van der Waals surface area contributed by atoms with Crippen LogP contribution < -0.4 is 0 Å². The minimum atomic E-state index is 0.152. The fourth-order valence-electron chi connectivity index (χ4n) is 1.29. The molecule has 2 heteroatoms. The Bertz CT molecular complexity index is 346. The molecule has 0 aliphatic carbocycles. The monoisotopic (exact) mass is 236 g/mol. The van der Waals surface area contributed by atoms with E-state index in [1.807, 2.05) is 24.3 Å². The summed E-state index contributed by atoms with van der Waals surface area (Å²) < 4.78 is 0.152. The topological polar surface area (TPSA) is 17.1 Å². The quantitative estimate of drug-likeness (QED) is 0.736. The van der Waals surface area contributed by atoms with Gasteiger partial charge in [-0.2, -0.15) is 0 Å². The highest BCUT2D eigenvalue weighted by Gasteiger charge is 2.14. The molecule has 1 nitrogen and oxygen atoms in total. The van der Waals surface area contributed by atoms with Gasteiger partial charge in [0.2, 0.25) is 0 Å². The van der Waals surface area contributed by atoms with Crippen molar-refractivity contribution >= 4 is 17.5 Å². The van der Waals surface area contributed by atoms with Crippen LogP contribution in [-0.4, -0.2) is 16.3 Å². The molecular formula is C14H20OS. The lowest BCUT2D eigenvalue weighted by molar-refractivity contribution is 0.102. The summed E-state index contributed by atoms with van der Waals surface area (Å²) in [5.74, 6) is 0.789. The molecule has 1 rings (SSSR count). The Hall–Kier alpha value is -0.760. The van der Waals surface area contributed by atoms with Gasteiger partial charge >= 0.3 is 0 Å². The fraction of sp³-hybridized carbons (Fsp3) is 0.500. The fourth-order valence-corrected chi connectivity index (χ4v) is 2.02. The predicted octanol–water partition coefficient (Wildman–Crippen LogP) is 3.96. The average molecular weight is 236 g/mol. The van der Waals surface area contributed by atoms with Gasteiger partial charge in [0, 0.05) is 10.3 Å². The lowest BCUT2D eigenvalue weighted by Crippen LogP contribution is -2.13. The van der Waals surface area contributed by atoms with E-state index in [4.69, 9.17) is 0 Å². The van der Waals surface area contributed by atoms with E-state index in [1.165, 1.54) is 5.56 Å². The molecule has 0 aliphatic heterocycles. The SMILES string of the molecule is CCc1ccc(C(=O)CSC(C)(C)C)cc1. The first-order valence-electron chi connectivity index (χ1n) is 5.68. The number of thioether (sulfide) groups is 1. The minimum absolute atomic E-state index is 0.152. The van der Waals surface area contributed by atoms with Gasteiger partial charge in [0.25, 0.3) is 0 Å². The van der Waals surface area contributed by atoms with Crippen LogP contribution in [0.25, 0.3) is 0 Å². The van der Waals surface area contributed by atoms with Crippen LogP contribution in [0.5, 0.6) is 0 Å². The van der Waals surface area contributed by atoms with Gasteiger partial charge in [-0.15, -0.1) is 11.8 Å². The Morgan fingerprint density at radius 1 is 1.19 bits per heavy atom. The first kappa shape index (κ1) is 13.3. The van der Waals surface area contributed by atoms with Gasteiger partial charge in [-0.3, -0.25) is 4.79 Å². The van der Waals surface area contributed by atoms with Gasteiger partial charge in [-0.1, -0.05) is 52.0 Å². The van der Waals surface area contributed by atoms with Gasteiger partial charge in [0.15, 0.2) is 5.78 Å². The van der Waals surface area contributed by atoms with E-state index >= 15 is 0 Å². The second kappa shape index (κ2) is 5.53. The standard InChI is InChI=1S/C14H20OS/c1-5-11-6-8-12(9-7-11)13(15)10-16-14(2,3)4/h6-9H,5,10H2,1-4H3. The summed E-state index contributed by atoms with van der Waals surface area (Å²) in [4.78, 5) is 11.9. The van der Waals surface area contributed by atoms with E-state index < -0.39 is 0 Å². The number of hydrogen-bond donors (Lipinski definition) is 0. The number of carbonyl (C=O) groups excluding carboxylic acids is 1. The molecule has 88 valence electrons. The summed E-state index contributed by atoms with van der Waals surface area (Å²) in [5, 5.41) is 0. The number of hydrogen-bond acceptors (Lipinski definition) is 2. The van der Waals surface area contributed by atoms with Gasteiger partial charge in [0.05, 0.1) is 5.75 Å².